The first kappa shape index (κ1) is 22.7. The number of benzene rings is 1. The number of piperidine rings is 2. The third-order valence-corrected chi connectivity index (χ3v) is 6.75. The fourth-order valence-electron chi connectivity index (χ4n) is 5.08. The van der Waals surface area contributed by atoms with E-state index in [1.54, 1.807) is 18.2 Å². The normalized spacial score (nSPS) is 26.9. The van der Waals surface area contributed by atoms with E-state index in [9.17, 15) is 27.6 Å². The summed E-state index contributed by atoms with van der Waals surface area (Å²) >= 11 is 0. The zero-order valence-corrected chi connectivity index (χ0v) is 17.7. The minimum absolute atomic E-state index is 0.0254. The molecule has 3 heterocycles. The van der Waals surface area contributed by atoms with Gasteiger partial charge < -0.3 is 10.6 Å². The summed E-state index contributed by atoms with van der Waals surface area (Å²) in [5.74, 6) is -1.16. The number of hydrogen-bond acceptors (Lipinski definition) is 5. The van der Waals surface area contributed by atoms with Crippen molar-refractivity contribution in [1.29, 1.82) is 0 Å². The van der Waals surface area contributed by atoms with E-state index in [0.29, 0.717) is 42.6 Å². The number of nitrogens with one attached hydrogen (secondary N) is 1. The van der Waals surface area contributed by atoms with Crippen LogP contribution in [0.3, 0.4) is 0 Å². The molecule has 0 spiro atoms. The Bertz CT molecular complexity index is 920. The lowest BCUT2D eigenvalue weighted by Crippen LogP contribution is -2.52. The van der Waals surface area contributed by atoms with E-state index < -0.39 is 24.2 Å². The summed E-state index contributed by atoms with van der Waals surface area (Å²) in [7, 11) is 0. The Morgan fingerprint density at radius 3 is 2.62 bits per heavy atom. The van der Waals surface area contributed by atoms with Gasteiger partial charge in [-0.3, -0.25) is 24.6 Å². The Balaban J connectivity index is 1.48. The van der Waals surface area contributed by atoms with Crippen LogP contribution in [0, 0.1) is 5.92 Å². The van der Waals surface area contributed by atoms with Gasteiger partial charge in [0.15, 0.2) is 0 Å². The molecule has 0 bridgehead atoms. The van der Waals surface area contributed by atoms with Crippen LogP contribution >= 0.6 is 0 Å². The van der Waals surface area contributed by atoms with Crippen LogP contribution in [0.25, 0.3) is 0 Å². The second-order valence-electron chi connectivity index (χ2n) is 8.89. The maximum atomic E-state index is 13.7. The quantitative estimate of drug-likeness (QED) is 0.666. The molecule has 1 unspecified atom stereocenters. The zero-order valence-electron chi connectivity index (χ0n) is 17.7. The number of halogens is 3. The monoisotopic (exact) mass is 452 g/mol. The number of imide groups is 1. The average Bonchev–Trinajstić information content (AvgIpc) is 3.04. The summed E-state index contributed by atoms with van der Waals surface area (Å²) in [6, 6.07) is 2.85. The van der Waals surface area contributed by atoms with E-state index in [0.717, 1.165) is 0 Å². The molecule has 32 heavy (non-hydrogen) atoms. The lowest BCUT2D eigenvalue weighted by molar-refractivity contribution is -0.197. The molecule has 7 nitrogen and oxygen atoms in total. The fourth-order valence-corrected chi connectivity index (χ4v) is 5.08. The largest absolute Gasteiger partial charge is 0.404 e. The number of amides is 3. The van der Waals surface area contributed by atoms with Crippen LogP contribution in [0.5, 0.6) is 0 Å². The second kappa shape index (κ2) is 8.82. The van der Waals surface area contributed by atoms with E-state index in [-0.39, 0.29) is 50.1 Å². The van der Waals surface area contributed by atoms with Crippen LogP contribution < -0.4 is 11.1 Å². The molecule has 3 amide bonds. The van der Waals surface area contributed by atoms with Gasteiger partial charge in [-0.25, -0.2) is 0 Å². The van der Waals surface area contributed by atoms with Gasteiger partial charge in [0.2, 0.25) is 11.8 Å². The van der Waals surface area contributed by atoms with Crippen molar-refractivity contribution >= 4 is 17.7 Å². The molecule has 3 aliphatic heterocycles. The molecule has 3 N–H and O–H groups in total. The summed E-state index contributed by atoms with van der Waals surface area (Å²) in [4.78, 5) is 39.3. The number of nitrogens with two attached hydrogens (primary N) is 1. The first-order valence-corrected chi connectivity index (χ1v) is 10.9. The van der Waals surface area contributed by atoms with Gasteiger partial charge in [0.05, 0.1) is 0 Å². The molecule has 0 aromatic heterocycles. The van der Waals surface area contributed by atoms with Crippen LogP contribution in [-0.4, -0.2) is 58.9 Å². The Morgan fingerprint density at radius 1 is 1.16 bits per heavy atom. The van der Waals surface area contributed by atoms with Gasteiger partial charge in [0.25, 0.3) is 5.91 Å². The van der Waals surface area contributed by atoms with Crippen LogP contribution in [0.15, 0.2) is 18.2 Å². The smallest absolute Gasteiger partial charge is 0.330 e. The number of hydrogen-bond donors (Lipinski definition) is 2. The van der Waals surface area contributed by atoms with Crippen molar-refractivity contribution in [3.05, 3.63) is 34.9 Å². The van der Waals surface area contributed by atoms with Crippen LogP contribution in [0.4, 0.5) is 13.2 Å². The Kier molecular flexibility index (Phi) is 6.26. The maximum Gasteiger partial charge on any atom is 0.404 e. The number of fused-ring (bicyclic) bond motifs is 1. The molecule has 0 radical (unpaired) electrons. The predicted octanol–water partition coefficient (Wildman–Crippen LogP) is 1.94. The minimum atomic E-state index is -4.32. The molecule has 174 valence electrons. The molecule has 2 fully saturated rings. The van der Waals surface area contributed by atoms with Crippen molar-refractivity contribution in [2.45, 2.75) is 63.5 Å². The van der Waals surface area contributed by atoms with Crippen molar-refractivity contribution in [3.63, 3.8) is 0 Å². The molecular formula is C22H27F3N4O3. The topological polar surface area (TPSA) is 95.7 Å². The highest BCUT2D eigenvalue weighted by Gasteiger charge is 2.46. The van der Waals surface area contributed by atoms with Crippen molar-refractivity contribution in [1.82, 2.24) is 15.1 Å². The van der Waals surface area contributed by atoms with Gasteiger partial charge in [-0.05, 0) is 61.9 Å². The molecular weight excluding hydrogens is 425 g/mol. The lowest BCUT2D eigenvalue weighted by Gasteiger charge is -2.40. The van der Waals surface area contributed by atoms with Crippen molar-refractivity contribution < 1.29 is 27.6 Å². The molecule has 1 aromatic carbocycles. The number of likely N-dealkylation sites (tertiary alicyclic amines) is 1. The van der Waals surface area contributed by atoms with E-state index in [4.69, 9.17) is 5.73 Å². The summed E-state index contributed by atoms with van der Waals surface area (Å²) in [5.41, 5.74) is 7.39. The number of rotatable bonds is 5. The number of carbonyl (C=O) groups excluding carboxylic acids is 3. The Morgan fingerprint density at radius 2 is 1.94 bits per heavy atom. The average molecular weight is 452 g/mol. The Labute approximate surface area is 184 Å². The summed E-state index contributed by atoms with van der Waals surface area (Å²) < 4.78 is 41.1. The lowest BCUT2D eigenvalue weighted by atomic mass is 9.87. The molecule has 10 heteroatoms. The third-order valence-electron chi connectivity index (χ3n) is 6.75. The molecule has 1 aromatic rings. The van der Waals surface area contributed by atoms with Gasteiger partial charge in [-0.2, -0.15) is 13.2 Å². The SMILES string of the molecule is NCC[C@@H]1CCN(Cc2ccc3c(c2)CN(C2CCC(=O)NC2=O)C3=O)[C@H](C(F)(F)F)C1. The molecule has 0 aliphatic carbocycles. The number of nitrogens with zero attached hydrogens (tertiary/aromatic N) is 2. The van der Waals surface area contributed by atoms with Crippen LogP contribution in [0.1, 0.15) is 53.6 Å². The minimum Gasteiger partial charge on any atom is -0.330 e. The van der Waals surface area contributed by atoms with Gasteiger partial charge >= 0.3 is 6.18 Å². The van der Waals surface area contributed by atoms with E-state index in [2.05, 4.69) is 5.32 Å². The van der Waals surface area contributed by atoms with Crippen molar-refractivity contribution in [3.8, 4) is 0 Å². The third kappa shape index (κ3) is 4.52. The van der Waals surface area contributed by atoms with Crippen molar-refractivity contribution in [2.24, 2.45) is 11.7 Å². The van der Waals surface area contributed by atoms with Gasteiger partial charge in [-0.15, -0.1) is 0 Å². The second-order valence-corrected chi connectivity index (χ2v) is 8.89. The molecule has 2 saturated heterocycles. The van der Waals surface area contributed by atoms with Crippen molar-refractivity contribution in [2.75, 3.05) is 13.1 Å². The molecule has 3 atom stereocenters. The summed E-state index contributed by atoms with van der Waals surface area (Å²) in [6.45, 7) is 1.07. The summed E-state index contributed by atoms with van der Waals surface area (Å²) in [6.07, 6.45) is -2.56. The van der Waals surface area contributed by atoms with Crippen LogP contribution in [-0.2, 0) is 22.7 Å². The maximum absolute atomic E-state index is 13.7. The standard InChI is InChI=1S/C22H27F3N4O3/c23-22(24,25)18-10-13(5-7-26)6-8-28(18)11-14-1-2-16-15(9-14)12-29(21(16)32)17-3-4-19(30)27-20(17)31/h1-2,9,13,17-18H,3-8,10-12,26H2,(H,27,30,31)/t13-,17?,18+/m1/s1. The molecule has 3 aliphatic rings. The van der Waals surface area contributed by atoms with E-state index in [1.165, 1.54) is 9.80 Å². The first-order valence-electron chi connectivity index (χ1n) is 10.9. The molecule has 4 rings (SSSR count). The highest BCUT2D eigenvalue weighted by Crippen LogP contribution is 2.37. The number of alkyl halides is 3. The zero-order chi connectivity index (χ0) is 23.0. The van der Waals surface area contributed by atoms with E-state index in [1.807, 2.05) is 0 Å². The van der Waals surface area contributed by atoms with Gasteiger partial charge in [-0.1, -0.05) is 12.1 Å². The van der Waals surface area contributed by atoms with E-state index >= 15 is 0 Å². The Hall–Kier alpha value is -2.46. The highest BCUT2D eigenvalue weighted by molar-refractivity contribution is 6.05. The summed E-state index contributed by atoms with van der Waals surface area (Å²) in [5, 5.41) is 2.26. The van der Waals surface area contributed by atoms with Crippen LogP contribution in [0.2, 0.25) is 0 Å². The molecule has 0 saturated carbocycles. The fraction of sp³-hybridized carbons (Fsp3) is 0.591. The number of carbonyl (C=O) groups is 3. The predicted molar refractivity (Wildman–Crippen MR) is 109 cm³/mol. The first-order chi connectivity index (χ1) is 15.2. The van der Waals surface area contributed by atoms with Gasteiger partial charge in [0, 0.05) is 25.1 Å². The van der Waals surface area contributed by atoms with Gasteiger partial charge in [0.1, 0.15) is 12.1 Å². The highest BCUT2D eigenvalue weighted by atomic mass is 19.4.